The number of aliphatic hydroxyl groups is 3. The van der Waals surface area contributed by atoms with Crippen LogP contribution in [0.4, 0.5) is 0 Å². The van der Waals surface area contributed by atoms with Crippen LogP contribution in [0.25, 0.3) is 0 Å². The van der Waals surface area contributed by atoms with E-state index in [9.17, 15) is 10.2 Å². The van der Waals surface area contributed by atoms with Crippen LogP contribution in [0, 0.1) is 5.92 Å². The lowest BCUT2D eigenvalue weighted by Crippen LogP contribution is -2.50. The average molecular weight is 190 g/mol. The smallest absolute Gasteiger partial charge is 0.107 e. The maximum atomic E-state index is 9.56. The highest BCUT2D eigenvalue weighted by atomic mass is 16.5. The average Bonchev–Trinajstić information content (AvgIpc) is 2.03. The Balaban J connectivity index is 2.58. The fourth-order valence-electron chi connectivity index (χ4n) is 1.68. The van der Waals surface area contributed by atoms with Crippen molar-refractivity contribution in [3.05, 3.63) is 0 Å². The van der Waals surface area contributed by atoms with E-state index in [-0.39, 0.29) is 25.0 Å². The molecule has 0 radical (unpaired) electrons. The second-order valence-corrected chi connectivity index (χ2v) is 3.94. The molecule has 2 unspecified atom stereocenters. The first-order valence-corrected chi connectivity index (χ1v) is 4.68. The van der Waals surface area contributed by atoms with Crippen molar-refractivity contribution < 1.29 is 20.1 Å². The molecule has 0 saturated carbocycles. The molecule has 3 N–H and O–H groups in total. The Bertz CT molecular complexity index is 160. The van der Waals surface area contributed by atoms with Gasteiger partial charge in [-0.25, -0.2) is 0 Å². The molecule has 0 aromatic heterocycles. The van der Waals surface area contributed by atoms with Gasteiger partial charge in [0.2, 0.25) is 0 Å². The SMILES string of the molecule is CC(C)[C@@H]1OC(CO)[C@H](O)CC1O. The van der Waals surface area contributed by atoms with E-state index in [4.69, 9.17) is 9.84 Å². The first-order chi connectivity index (χ1) is 6.06. The maximum Gasteiger partial charge on any atom is 0.107 e. The maximum absolute atomic E-state index is 9.56. The second kappa shape index (κ2) is 4.37. The van der Waals surface area contributed by atoms with Crippen LogP contribution in [-0.4, -0.2) is 46.3 Å². The molecule has 4 heteroatoms. The number of hydrogen-bond donors (Lipinski definition) is 3. The summed E-state index contributed by atoms with van der Waals surface area (Å²) < 4.78 is 5.37. The molecule has 0 spiro atoms. The van der Waals surface area contributed by atoms with Crippen molar-refractivity contribution in [2.75, 3.05) is 6.61 Å². The molecule has 0 bridgehead atoms. The Morgan fingerprint density at radius 3 is 2.38 bits per heavy atom. The molecule has 78 valence electrons. The van der Waals surface area contributed by atoms with Gasteiger partial charge in [-0.15, -0.1) is 0 Å². The van der Waals surface area contributed by atoms with E-state index in [1.165, 1.54) is 0 Å². The zero-order chi connectivity index (χ0) is 10.0. The zero-order valence-corrected chi connectivity index (χ0v) is 8.05. The summed E-state index contributed by atoms with van der Waals surface area (Å²) in [6.07, 6.45) is -1.92. The number of hydrogen-bond acceptors (Lipinski definition) is 4. The van der Waals surface area contributed by atoms with Gasteiger partial charge in [0.25, 0.3) is 0 Å². The summed E-state index contributed by atoms with van der Waals surface area (Å²) in [5.41, 5.74) is 0. The molecule has 1 heterocycles. The van der Waals surface area contributed by atoms with Crippen molar-refractivity contribution >= 4 is 0 Å². The van der Waals surface area contributed by atoms with Gasteiger partial charge >= 0.3 is 0 Å². The fourth-order valence-corrected chi connectivity index (χ4v) is 1.68. The van der Waals surface area contributed by atoms with Crippen molar-refractivity contribution in [2.24, 2.45) is 5.92 Å². The Morgan fingerprint density at radius 1 is 1.31 bits per heavy atom. The Kier molecular flexibility index (Phi) is 3.67. The summed E-state index contributed by atoms with van der Waals surface area (Å²) in [5, 5.41) is 27.8. The molecule has 4 nitrogen and oxygen atoms in total. The largest absolute Gasteiger partial charge is 0.394 e. The normalized spacial score (nSPS) is 41.1. The minimum absolute atomic E-state index is 0.191. The molecule has 0 aromatic carbocycles. The van der Waals surface area contributed by atoms with Gasteiger partial charge in [0.1, 0.15) is 6.10 Å². The van der Waals surface area contributed by atoms with E-state index in [0.717, 1.165) is 0 Å². The second-order valence-electron chi connectivity index (χ2n) is 3.94. The van der Waals surface area contributed by atoms with Gasteiger partial charge < -0.3 is 20.1 Å². The quantitative estimate of drug-likeness (QED) is 0.550. The number of rotatable bonds is 2. The van der Waals surface area contributed by atoms with E-state index in [1.807, 2.05) is 13.8 Å². The lowest BCUT2D eigenvalue weighted by atomic mass is 9.92. The van der Waals surface area contributed by atoms with Crippen molar-refractivity contribution in [3.8, 4) is 0 Å². The fraction of sp³-hybridized carbons (Fsp3) is 1.00. The van der Waals surface area contributed by atoms with Gasteiger partial charge in [-0.05, 0) is 5.92 Å². The number of aliphatic hydroxyl groups excluding tert-OH is 3. The van der Waals surface area contributed by atoms with Crippen LogP contribution < -0.4 is 0 Å². The highest BCUT2D eigenvalue weighted by molar-refractivity contribution is 4.85. The monoisotopic (exact) mass is 190 g/mol. The van der Waals surface area contributed by atoms with Crippen molar-refractivity contribution in [1.29, 1.82) is 0 Å². The van der Waals surface area contributed by atoms with Gasteiger partial charge in [-0.1, -0.05) is 13.8 Å². The molecule has 1 fully saturated rings. The third-order valence-corrected chi connectivity index (χ3v) is 2.46. The summed E-state index contributed by atoms with van der Waals surface area (Å²) in [6.45, 7) is 3.69. The molecule has 13 heavy (non-hydrogen) atoms. The molecule has 1 aliphatic rings. The lowest BCUT2D eigenvalue weighted by Gasteiger charge is -2.38. The Morgan fingerprint density at radius 2 is 1.92 bits per heavy atom. The topological polar surface area (TPSA) is 69.9 Å². The van der Waals surface area contributed by atoms with Crippen LogP contribution in [0.3, 0.4) is 0 Å². The summed E-state index contributed by atoms with van der Waals surface area (Å²) in [6, 6.07) is 0. The summed E-state index contributed by atoms with van der Waals surface area (Å²) >= 11 is 0. The summed E-state index contributed by atoms with van der Waals surface area (Å²) in [4.78, 5) is 0. The van der Waals surface area contributed by atoms with E-state index in [1.54, 1.807) is 0 Å². The predicted octanol–water partition coefficient (Wildman–Crippen LogP) is -0.486. The van der Waals surface area contributed by atoms with Gasteiger partial charge in [-0.2, -0.15) is 0 Å². The molecular weight excluding hydrogens is 172 g/mol. The first-order valence-electron chi connectivity index (χ1n) is 4.68. The van der Waals surface area contributed by atoms with Crippen LogP contribution in [-0.2, 0) is 4.74 Å². The van der Waals surface area contributed by atoms with Gasteiger partial charge in [0.05, 0.1) is 24.9 Å². The van der Waals surface area contributed by atoms with Crippen LogP contribution in [0.1, 0.15) is 20.3 Å². The molecule has 1 aliphatic heterocycles. The predicted molar refractivity (Wildman–Crippen MR) is 47.2 cm³/mol. The van der Waals surface area contributed by atoms with Crippen LogP contribution in [0.5, 0.6) is 0 Å². The van der Waals surface area contributed by atoms with E-state index in [2.05, 4.69) is 0 Å². The van der Waals surface area contributed by atoms with E-state index >= 15 is 0 Å². The molecule has 4 atom stereocenters. The van der Waals surface area contributed by atoms with E-state index < -0.39 is 18.3 Å². The summed E-state index contributed by atoms with van der Waals surface area (Å²) in [7, 11) is 0. The van der Waals surface area contributed by atoms with Crippen molar-refractivity contribution in [3.63, 3.8) is 0 Å². The van der Waals surface area contributed by atoms with Crippen LogP contribution >= 0.6 is 0 Å². The van der Waals surface area contributed by atoms with E-state index in [0.29, 0.717) is 0 Å². The highest BCUT2D eigenvalue weighted by Crippen LogP contribution is 2.24. The Hall–Kier alpha value is -0.160. The molecule has 1 rings (SSSR count). The van der Waals surface area contributed by atoms with Crippen molar-refractivity contribution in [2.45, 2.75) is 44.7 Å². The standard InChI is InChI=1S/C9H18O4/c1-5(2)9-7(12)3-6(11)8(4-10)13-9/h5-12H,3-4H2,1-2H3/t6-,7?,8?,9+/m1/s1. The molecule has 0 aliphatic carbocycles. The van der Waals surface area contributed by atoms with Crippen LogP contribution in [0.2, 0.25) is 0 Å². The first kappa shape index (κ1) is 10.9. The Labute approximate surface area is 78.1 Å². The third kappa shape index (κ3) is 2.40. The highest BCUT2D eigenvalue weighted by Gasteiger charge is 2.37. The third-order valence-electron chi connectivity index (χ3n) is 2.46. The zero-order valence-electron chi connectivity index (χ0n) is 8.05. The minimum atomic E-state index is -0.755. The van der Waals surface area contributed by atoms with Gasteiger partial charge in [0.15, 0.2) is 0 Å². The molecule has 0 aromatic rings. The molecular formula is C9H18O4. The number of ether oxygens (including phenoxy) is 1. The summed E-state index contributed by atoms with van der Waals surface area (Å²) in [5.74, 6) is 0.191. The lowest BCUT2D eigenvalue weighted by molar-refractivity contribution is -0.191. The van der Waals surface area contributed by atoms with Gasteiger partial charge in [0, 0.05) is 6.42 Å². The molecule has 1 saturated heterocycles. The van der Waals surface area contributed by atoms with Crippen LogP contribution in [0.15, 0.2) is 0 Å². The molecule has 0 amide bonds. The minimum Gasteiger partial charge on any atom is -0.394 e. The van der Waals surface area contributed by atoms with Gasteiger partial charge in [-0.3, -0.25) is 0 Å². The van der Waals surface area contributed by atoms with Crippen molar-refractivity contribution in [1.82, 2.24) is 0 Å².